The lowest BCUT2D eigenvalue weighted by Crippen LogP contribution is -2.27. The molecule has 0 fully saturated rings. The number of hydrogen-bond donors (Lipinski definition) is 1. The van der Waals surface area contributed by atoms with Crippen LogP contribution in [0.4, 0.5) is 4.79 Å². The van der Waals surface area contributed by atoms with Crippen molar-refractivity contribution < 1.29 is 28.3 Å². The fourth-order valence-corrected chi connectivity index (χ4v) is 3.53. The van der Waals surface area contributed by atoms with E-state index in [1.807, 2.05) is 0 Å². The zero-order valence-electron chi connectivity index (χ0n) is 12.0. The second-order valence-corrected chi connectivity index (χ2v) is 6.89. The molecule has 0 aromatic carbocycles. The lowest BCUT2D eigenvalue weighted by atomic mass is 10.2. The van der Waals surface area contributed by atoms with Gasteiger partial charge in [0.05, 0.1) is 18.4 Å². The molecule has 0 saturated heterocycles. The fraction of sp³-hybridized carbons (Fsp3) is 0.727. The second kappa shape index (κ2) is 8.44. The second-order valence-electron chi connectivity index (χ2n) is 4.00. The molecule has 0 aliphatic carbocycles. The van der Waals surface area contributed by atoms with Crippen molar-refractivity contribution >= 4 is 36.8 Å². The Labute approximate surface area is 122 Å². The van der Waals surface area contributed by atoms with Crippen molar-refractivity contribution in [1.82, 2.24) is 0 Å². The van der Waals surface area contributed by atoms with Crippen LogP contribution in [-0.4, -0.2) is 40.5 Å². The third-order valence-electron chi connectivity index (χ3n) is 2.68. The third kappa shape index (κ3) is 5.26. The minimum atomic E-state index is -4.34. The molecule has 7 nitrogen and oxygen atoms in total. The summed E-state index contributed by atoms with van der Waals surface area (Å²) in [6.07, 6.45) is -0.828. The zero-order chi connectivity index (χ0) is 15.8. The highest BCUT2D eigenvalue weighted by molar-refractivity contribution is 8.12. The van der Waals surface area contributed by atoms with E-state index < -0.39 is 19.0 Å². The Morgan fingerprint density at radius 3 is 2.35 bits per heavy atom. The Hall–Kier alpha value is -0.850. The molecule has 1 unspecified atom stereocenters. The summed E-state index contributed by atoms with van der Waals surface area (Å²) in [7, 11) is -3.29. The van der Waals surface area contributed by atoms with Crippen molar-refractivity contribution in [2.45, 2.75) is 38.9 Å². The predicted octanol–water partition coefficient (Wildman–Crippen LogP) is 2.82. The van der Waals surface area contributed by atoms with E-state index in [1.165, 1.54) is 12.5 Å². The molecule has 0 saturated carbocycles. The standard InChI is InChI=1S/C11H20NO6PS/c1-5-11(6-2,12-8-20-7-9(3)13)19(15,16)18-10(14)17-4/h8H,5-7H2,1-4H3,(H,15,16). The van der Waals surface area contributed by atoms with Crippen LogP contribution in [0.5, 0.6) is 0 Å². The molecule has 0 aliphatic heterocycles. The predicted molar refractivity (Wildman–Crippen MR) is 78.3 cm³/mol. The first-order valence-electron chi connectivity index (χ1n) is 5.99. The van der Waals surface area contributed by atoms with Gasteiger partial charge in [-0.3, -0.25) is 9.79 Å². The molecule has 9 heteroatoms. The van der Waals surface area contributed by atoms with Crippen LogP contribution < -0.4 is 0 Å². The first-order chi connectivity index (χ1) is 9.24. The van der Waals surface area contributed by atoms with Crippen LogP contribution in [-0.2, 0) is 18.6 Å². The maximum atomic E-state index is 12.2. The smallest absolute Gasteiger partial charge is 0.437 e. The molecule has 0 aliphatic rings. The van der Waals surface area contributed by atoms with Crippen molar-refractivity contribution in [1.29, 1.82) is 0 Å². The zero-order valence-corrected chi connectivity index (χ0v) is 13.7. The number of Topliss-reactive ketones (excluding diaryl/α,β-unsaturated/α-hetero) is 1. The van der Waals surface area contributed by atoms with Crippen LogP contribution in [0.25, 0.3) is 0 Å². The van der Waals surface area contributed by atoms with Crippen LogP contribution >= 0.6 is 19.4 Å². The maximum Gasteiger partial charge on any atom is 0.514 e. The summed E-state index contributed by atoms with van der Waals surface area (Å²) >= 11 is 1.11. The molecule has 20 heavy (non-hydrogen) atoms. The van der Waals surface area contributed by atoms with Crippen molar-refractivity contribution in [3.63, 3.8) is 0 Å². The molecule has 0 spiro atoms. The van der Waals surface area contributed by atoms with Crippen molar-refractivity contribution in [3.8, 4) is 0 Å². The minimum Gasteiger partial charge on any atom is -0.437 e. The number of ether oxygens (including phenoxy) is 1. The van der Waals surface area contributed by atoms with Gasteiger partial charge in [-0.25, -0.2) is 9.36 Å². The summed E-state index contributed by atoms with van der Waals surface area (Å²) in [4.78, 5) is 35.9. The van der Waals surface area contributed by atoms with Gasteiger partial charge in [0.25, 0.3) is 0 Å². The van der Waals surface area contributed by atoms with Gasteiger partial charge in [-0.2, -0.15) is 0 Å². The molecule has 0 amide bonds. The number of carbonyl (C=O) groups excluding carboxylic acids is 2. The van der Waals surface area contributed by atoms with Crippen LogP contribution in [0, 0.1) is 0 Å². The molecule has 0 rings (SSSR count). The highest BCUT2D eigenvalue weighted by Gasteiger charge is 2.48. The number of carbonyl (C=O) groups is 2. The minimum absolute atomic E-state index is 0.0296. The van der Waals surface area contributed by atoms with E-state index in [0.717, 1.165) is 18.9 Å². The van der Waals surface area contributed by atoms with E-state index in [4.69, 9.17) is 0 Å². The summed E-state index contributed by atoms with van der Waals surface area (Å²) in [5.41, 5.74) is 1.35. The SMILES string of the molecule is CCC(CC)(N=CSCC(C)=O)P(=O)(O)OC(=O)OC. The highest BCUT2D eigenvalue weighted by Crippen LogP contribution is 2.59. The lowest BCUT2D eigenvalue weighted by Gasteiger charge is -2.29. The van der Waals surface area contributed by atoms with E-state index in [0.29, 0.717) is 0 Å². The number of methoxy groups -OCH3 is 1. The topological polar surface area (TPSA) is 102 Å². The van der Waals surface area contributed by atoms with Gasteiger partial charge < -0.3 is 14.2 Å². The average molecular weight is 325 g/mol. The number of hydrogen-bond acceptors (Lipinski definition) is 7. The van der Waals surface area contributed by atoms with Gasteiger partial charge in [-0.15, -0.1) is 11.8 Å². The molecule has 1 N–H and O–H groups in total. The van der Waals surface area contributed by atoms with Gasteiger partial charge in [0.15, 0.2) is 5.28 Å². The van der Waals surface area contributed by atoms with Gasteiger partial charge in [0.2, 0.25) is 0 Å². The maximum absolute atomic E-state index is 12.2. The van der Waals surface area contributed by atoms with Crippen molar-refractivity contribution in [3.05, 3.63) is 0 Å². The van der Waals surface area contributed by atoms with E-state index in [2.05, 4.69) is 14.3 Å². The number of nitrogens with zero attached hydrogens (tertiary/aromatic N) is 1. The van der Waals surface area contributed by atoms with Gasteiger partial charge in [-0.05, 0) is 19.8 Å². The Bertz CT molecular complexity index is 421. The summed E-state index contributed by atoms with van der Waals surface area (Å²) in [5, 5.41) is -1.43. The molecule has 0 radical (unpaired) electrons. The molecule has 0 aromatic rings. The van der Waals surface area contributed by atoms with Gasteiger partial charge in [0.1, 0.15) is 5.78 Å². The number of thioether (sulfide) groups is 1. The molecular weight excluding hydrogens is 305 g/mol. The number of ketones is 1. The largest absolute Gasteiger partial charge is 0.514 e. The molecule has 1 atom stereocenters. The van der Waals surface area contributed by atoms with Gasteiger partial charge in [-0.1, -0.05) is 13.8 Å². The Balaban J connectivity index is 5.12. The molecular formula is C11H20NO6PS. The first-order valence-corrected chi connectivity index (χ1v) is 8.62. The Kier molecular flexibility index (Phi) is 8.08. The number of rotatable bonds is 8. The first kappa shape index (κ1) is 19.1. The van der Waals surface area contributed by atoms with Gasteiger partial charge in [0, 0.05) is 0 Å². The molecule has 116 valence electrons. The molecule has 0 aromatic heterocycles. The quantitative estimate of drug-likeness (QED) is 0.317. The van der Waals surface area contributed by atoms with Crippen LogP contribution in [0.3, 0.4) is 0 Å². The third-order valence-corrected chi connectivity index (χ3v) is 5.70. The summed E-state index contributed by atoms with van der Waals surface area (Å²) < 4.78 is 20.9. The van der Waals surface area contributed by atoms with Gasteiger partial charge >= 0.3 is 13.8 Å². The summed E-state index contributed by atoms with van der Waals surface area (Å²) in [6, 6.07) is 0. The van der Waals surface area contributed by atoms with E-state index >= 15 is 0 Å². The van der Waals surface area contributed by atoms with Crippen molar-refractivity contribution in [2.75, 3.05) is 12.9 Å². The lowest BCUT2D eigenvalue weighted by molar-refractivity contribution is -0.114. The van der Waals surface area contributed by atoms with Crippen molar-refractivity contribution in [2.24, 2.45) is 4.99 Å². The van der Waals surface area contributed by atoms with E-state index in [1.54, 1.807) is 13.8 Å². The molecule has 0 bridgehead atoms. The Morgan fingerprint density at radius 2 is 1.95 bits per heavy atom. The average Bonchev–Trinajstić information content (AvgIpc) is 2.38. The fourth-order valence-electron chi connectivity index (χ4n) is 1.42. The van der Waals surface area contributed by atoms with E-state index in [-0.39, 0.29) is 24.4 Å². The summed E-state index contributed by atoms with van der Waals surface area (Å²) in [6.45, 7) is 4.77. The number of aliphatic imine (C=N–C) groups is 1. The Morgan fingerprint density at radius 1 is 1.40 bits per heavy atom. The van der Waals surface area contributed by atoms with Crippen LogP contribution in [0.15, 0.2) is 4.99 Å². The summed E-state index contributed by atoms with van der Waals surface area (Å²) in [5.74, 6) is 0.193. The van der Waals surface area contributed by atoms with E-state index in [9.17, 15) is 19.0 Å². The highest BCUT2D eigenvalue weighted by atomic mass is 32.2. The van der Waals surface area contributed by atoms with Crippen LogP contribution in [0.2, 0.25) is 0 Å². The monoisotopic (exact) mass is 325 g/mol. The normalized spacial score (nSPS) is 14.8. The molecule has 0 heterocycles. The van der Waals surface area contributed by atoms with Crippen LogP contribution in [0.1, 0.15) is 33.6 Å².